The van der Waals surface area contributed by atoms with Crippen molar-refractivity contribution in [2.75, 3.05) is 12.4 Å². The van der Waals surface area contributed by atoms with Gasteiger partial charge in [0, 0.05) is 11.0 Å². The minimum Gasteiger partial charge on any atom is -0.497 e. The van der Waals surface area contributed by atoms with Gasteiger partial charge in [-0.25, -0.2) is 9.07 Å². The van der Waals surface area contributed by atoms with Crippen LogP contribution in [0.3, 0.4) is 0 Å². The largest absolute Gasteiger partial charge is 0.497 e. The first-order chi connectivity index (χ1) is 13.0. The smallest absolute Gasteiger partial charge is 0.238 e. The number of hydrogen-bond acceptors (Lipinski definition) is 4. The van der Waals surface area contributed by atoms with E-state index >= 15 is 0 Å². The van der Waals surface area contributed by atoms with Crippen molar-refractivity contribution in [1.82, 2.24) is 9.78 Å². The van der Waals surface area contributed by atoms with Crippen LogP contribution < -0.4 is 10.1 Å². The van der Waals surface area contributed by atoms with Crippen molar-refractivity contribution in [3.63, 3.8) is 0 Å². The van der Waals surface area contributed by atoms with E-state index < -0.39 is 0 Å². The Morgan fingerprint density at radius 2 is 1.85 bits per heavy atom. The summed E-state index contributed by atoms with van der Waals surface area (Å²) in [6, 6.07) is 15.3. The standard InChI is InChI=1S/C20H20FN3O2S/c1-13-12-19(24(23-13)16-6-4-15(21)5-7-16)22-20(25)14(2)27-18-10-8-17(26-3)9-11-18/h4-12,14H,1-3H3,(H,22,25). The first kappa shape index (κ1) is 19.0. The number of hydrogen-bond donors (Lipinski definition) is 1. The van der Waals surface area contributed by atoms with Crippen molar-refractivity contribution in [2.24, 2.45) is 0 Å². The predicted octanol–water partition coefficient (Wildman–Crippen LogP) is 4.45. The molecular formula is C20H20FN3O2S. The number of halogens is 1. The van der Waals surface area contributed by atoms with E-state index in [-0.39, 0.29) is 17.0 Å². The van der Waals surface area contributed by atoms with E-state index in [2.05, 4.69) is 10.4 Å². The molecule has 0 aliphatic rings. The molecule has 2 aromatic carbocycles. The number of carbonyl (C=O) groups is 1. The summed E-state index contributed by atoms with van der Waals surface area (Å²) in [6.07, 6.45) is 0. The molecule has 0 saturated heterocycles. The van der Waals surface area contributed by atoms with Gasteiger partial charge in [0.2, 0.25) is 5.91 Å². The number of amides is 1. The van der Waals surface area contributed by atoms with E-state index in [1.54, 1.807) is 30.0 Å². The first-order valence-corrected chi connectivity index (χ1v) is 9.28. The van der Waals surface area contributed by atoms with Crippen LogP contribution >= 0.6 is 11.8 Å². The van der Waals surface area contributed by atoms with Gasteiger partial charge in [-0.05, 0) is 62.4 Å². The summed E-state index contributed by atoms with van der Waals surface area (Å²) in [4.78, 5) is 13.6. The zero-order valence-electron chi connectivity index (χ0n) is 15.3. The van der Waals surface area contributed by atoms with Gasteiger partial charge >= 0.3 is 0 Å². The molecule has 0 aliphatic carbocycles. The number of methoxy groups -OCH3 is 1. The highest BCUT2D eigenvalue weighted by molar-refractivity contribution is 8.00. The van der Waals surface area contributed by atoms with Gasteiger partial charge in [0.25, 0.3) is 0 Å². The van der Waals surface area contributed by atoms with Crippen molar-refractivity contribution in [1.29, 1.82) is 0 Å². The van der Waals surface area contributed by atoms with Crippen LogP contribution in [-0.4, -0.2) is 28.0 Å². The van der Waals surface area contributed by atoms with E-state index in [9.17, 15) is 9.18 Å². The number of nitrogens with zero attached hydrogens (tertiary/aromatic N) is 2. The molecule has 0 bridgehead atoms. The van der Waals surface area contributed by atoms with Crippen molar-refractivity contribution in [3.8, 4) is 11.4 Å². The molecule has 3 aromatic rings. The average Bonchev–Trinajstić information content (AvgIpc) is 3.03. The monoisotopic (exact) mass is 385 g/mol. The third-order valence-electron chi connectivity index (χ3n) is 3.90. The highest BCUT2D eigenvalue weighted by Crippen LogP contribution is 2.26. The molecule has 0 radical (unpaired) electrons. The lowest BCUT2D eigenvalue weighted by Gasteiger charge is -2.13. The molecule has 5 nitrogen and oxygen atoms in total. The summed E-state index contributed by atoms with van der Waals surface area (Å²) in [5.74, 6) is 0.859. The van der Waals surface area contributed by atoms with Crippen molar-refractivity contribution < 1.29 is 13.9 Å². The Morgan fingerprint density at radius 1 is 1.19 bits per heavy atom. The fourth-order valence-electron chi connectivity index (χ4n) is 2.51. The molecule has 27 heavy (non-hydrogen) atoms. The number of benzene rings is 2. The Morgan fingerprint density at radius 3 is 2.48 bits per heavy atom. The van der Waals surface area contributed by atoms with Crippen LogP contribution in [0.5, 0.6) is 5.75 Å². The lowest BCUT2D eigenvalue weighted by Crippen LogP contribution is -2.23. The number of aromatic nitrogens is 2. The van der Waals surface area contributed by atoms with E-state index in [1.165, 1.54) is 23.9 Å². The minimum absolute atomic E-state index is 0.140. The van der Waals surface area contributed by atoms with Gasteiger partial charge in [0.05, 0.1) is 23.7 Å². The lowest BCUT2D eigenvalue weighted by molar-refractivity contribution is -0.115. The number of thioether (sulfide) groups is 1. The van der Waals surface area contributed by atoms with Crippen LogP contribution in [0.1, 0.15) is 12.6 Å². The molecule has 1 aromatic heterocycles. The van der Waals surface area contributed by atoms with Gasteiger partial charge in [-0.3, -0.25) is 4.79 Å². The zero-order valence-corrected chi connectivity index (χ0v) is 16.1. The maximum Gasteiger partial charge on any atom is 0.238 e. The Hall–Kier alpha value is -2.80. The van der Waals surface area contributed by atoms with E-state index in [1.807, 2.05) is 38.1 Å². The average molecular weight is 385 g/mol. The Bertz CT molecular complexity index is 923. The van der Waals surface area contributed by atoms with Crippen LogP contribution in [0, 0.1) is 12.7 Å². The molecule has 1 atom stereocenters. The van der Waals surface area contributed by atoms with Gasteiger partial charge in [-0.15, -0.1) is 11.8 Å². The second-order valence-corrected chi connectivity index (χ2v) is 7.40. The summed E-state index contributed by atoms with van der Waals surface area (Å²) < 4.78 is 19.9. The fraction of sp³-hybridized carbons (Fsp3) is 0.200. The molecule has 140 valence electrons. The van der Waals surface area contributed by atoms with E-state index in [0.29, 0.717) is 11.5 Å². The SMILES string of the molecule is COc1ccc(SC(C)C(=O)Nc2cc(C)nn2-c2ccc(F)cc2)cc1. The molecule has 7 heteroatoms. The molecule has 0 spiro atoms. The van der Waals surface area contributed by atoms with Gasteiger partial charge in [-0.1, -0.05) is 0 Å². The summed E-state index contributed by atoms with van der Waals surface area (Å²) in [7, 11) is 1.62. The molecule has 3 rings (SSSR count). The van der Waals surface area contributed by atoms with Gasteiger partial charge in [-0.2, -0.15) is 5.10 Å². The summed E-state index contributed by atoms with van der Waals surface area (Å²) in [5, 5.41) is 6.98. The van der Waals surface area contributed by atoms with Crippen LogP contribution in [0.25, 0.3) is 5.69 Å². The quantitative estimate of drug-likeness (QED) is 0.637. The normalized spacial score (nSPS) is 11.9. The Balaban J connectivity index is 1.72. The Kier molecular flexibility index (Phi) is 5.81. The number of anilines is 1. The lowest BCUT2D eigenvalue weighted by atomic mass is 10.3. The van der Waals surface area contributed by atoms with Gasteiger partial charge in [0.1, 0.15) is 17.4 Å². The highest BCUT2D eigenvalue weighted by Gasteiger charge is 2.17. The second kappa shape index (κ2) is 8.26. The van der Waals surface area contributed by atoms with Crippen LogP contribution in [-0.2, 0) is 4.79 Å². The summed E-state index contributed by atoms with van der Waals surface area (Å²) in [6.45, 7) is 3.68. The molecule has 0 fully saturated rings. The van der Waals surface area contributed by atoms with E-state index in [0.717, 1.165) is 16.3 Å². The zero-order chi connectivity index (χ0) is 19.4. The number of ether oxygens (including phenoxy) is 1. The topological polar surface area (TPSA) is 56.1 Å². The third-order valence-corrected chi connectivity index (χ3v) is 5.01. The van der Waals surface area contributed by atoms with Crippen molar-refractivity contribution in [3.05, 3.63) is 66.1 Å². The molecule has 0 aliphatic heterocycles. The van der Waals surface area contributed by atoms with Crippen LogP contribution in [0.2, 0.25) is 0 Å². The third kappa shape index (κ3) is 4.68. The van der Waals surface area contributed by atoms with E-state index in [4.69, 9.17) is 4.74 Å². The second-order valence-electron chi connectivity index (χ2n) is 5.98. The number of carbonyl (C=O) groups excluding carboxylic acids is 1. The molecular weight excluding hydrogens is 365 g/mol. The predicted molar refractivity (Wildman–Crippen MR) is 105 cm³/mol. The highest BCUT2D eigenvalue weighted by atomic mass is 32.2. The summed E-state index contributed by atoms with van der Waals surface area (Å²) >= 11 is 1.45. The maximum absolute atomic E-state index is 13.2. The molecule has 1 amide bonds. The minimum atomic E-state index is -0.322. The van der Waals surface area contributed by atoms with Crippen LogP contribution in [0.15, 0.2) is 59.5 Å². The summed E-state index contributed by atoms with van der Waals surface area (Å²) in [5.41, 5.74) is 1.43. The fourth-order valence-corrected chi connectivity index (χ4v) is 3.37. The van der Waals surface area contributed by atoms with Gasteiger partial charge in [0.15, 0.2) is 0 Å². The molecule has 0 saturated carbocycles. The Labute approximate surface area is 161 Å². The molecule has 1 N–H and O–H groups in total. The van der Waals surface area contributed by atoms with Crippen LogP contribution in [0.4, 0.5) is 10.2 Å². The van der Waals surface area contributed by atoms with Gasteiger partial charge < -0.3 is 10.1 Å². The van der Waals surface area contributed by atoms with Crippen molar-refractivity contribution in [2.45, 2.75) is 24.0 Å². The first-order valence-electron chi connectivity index (χ1n) is 8.40. The maximum atomic E-state index is 13.2. The molecule has 1 unspecified atom stereocenters. The molecule has 1 heterocycles. The number of nitrogens with one attached hydrogen (secondary N) is 1. The number of aryl methyl sites for hydroxylation is 1. The van der Waals surface area contributed by atoms with Crippen molar-refractivity contribution >= 4 is 23.5 Å². The number of rotatable bonds is 6.